The summed E-state index contributed by atoms with van der Waals surface area (Å²) in [7, 11) is 0. The predicted octanol–water partition coefficient (Wildman–Crippen LogP) is 16.0. The molecule has 0 radical (unpaired) electrons. The second kappa shape index (κ2) is 14.1. The number of benzene rings is 10. The first kappa shape index (κ1) is 36.1. The third-order valence-electron chi connectivity index (χ3n) is 13.2. The zero-order valence-electron chi connectivity index (χ0n) is 34.7. The number of rotatable bonds is 6. The van der Waals surface area contributed by atoms with E-state index in [1.165, 1.54) is 88.3 Å². The van der Waals surface area contributed by atoms with Crippen molar-refractivity contribution in [1.82, 2.24) is 9.55 Å². The third-order valence-corrected chi connectivity index (χ3v) is 13.2. The Bertz CT molecular complexity index is 3520. The van der Waals surface area contributed by atoms with Crippen LogP contribution in [-0.4, -0.2) is 9.55 Å². The van der Waals surface area contributed by atoms with Gasteiger partial charge in [-0.3, -0.25) is 4.57 Å². The van der Waals surface area contributed by atoms with E-state index in [0.717, 1.165) is 28.1 Å². The molecule has 0 atom stereocenters. The van der Waals surface area contributed by atoms with Gasteiger partial charge < -0.3 is 0 Å². The van der Waals surface area contributed by atoms with Crippen LogP contribution in [0.5, 0.6) is 0 Å². The van der Waals surface area contributed by atoms with Crippen molar-refractivity contribution in [3.8, 4) is 72.7 Å². The largest absolute Gasteiger partial charge is 0.292 e. The van der Waals surface area contributed by atoms with Crippen LogP contribution >= 0.6 is 0 Å². The summed E-state index contributed by atoms with van der Waals surface area (Å²) in [6.07, 6.45) is 0. The molecule has 0 N–H and O–H groups in total. The van der Waals surface area contributed by atoms with Crippen LogP contribution in [0.3, 0.4) is 0 Å². The maximum atomic E-state index is 5.28. The van der Waals surface area contributed by atoms with Crippen LogP contribution in [0.15, 0.2) is 218 Å². The van der Waals surface area contributed by atoms with Crippen molar-refractivity contribution in [3.63, 3.8) is 0 Å². The van der Waals surface area contributed by atoms with Crippen LogP contribution in [0.25, 0.3) is 105 Å². The van der Waals surface area contributed by atoms with E-state index in [0.29, 0.717) is 0 Å². The van der Waals surface area contributed by atoms with Gasteiger partial charge in [0.2, 0.25) is 0 Å². The highest BCUT2D eigenvalue weighted by Crippen LogP contribution is 2.55. The number of imidazole rings is 1. The van der Waals surface area contributed by atoms with Crippen LogP contribution in [-0.2, 0) is 5.41 Å². The van der Waals surface area contributed by atoms with Crippen molar-refractivity contribution >= 4 is 32.6 Å². The summed E-state index contributed by atoms with van der Waals surface area (Å²) in [6, 6.07) is 79.8. The van der Waals surface area contributed by atoms with Gasteiger partial charge in [-0.1, -0.05) is 190 Å². The Hall–Kier alpha value is -7.81. The summed E-state index contributed by atoms with van der Waals surface area (Å²) in [6.45, 7) is 4.80. The topological polar surface area (TPSA) is 17.8 Å². The van der Waals surface area contributed by atoms with E-state index < -0.39 is 0 Å². The van der Waals surface area contributed by atoms with Crippen molar-refractivity contribution in [2.75, 3.05) is 0 Å². The highest BCUT2D eigenvalue weighted by atomic mass is 15.1. The average Bonchev–Trinajstić information content (AvgIpc) is 3.83. The van der Waals surface area contributed by atoms with E-state index in [1.54, 1.807) is 0 Å². The fourth-order valence-electron chi connectivity index (χ4n) is 10.3. The molecule has 0 spiro atoms. The number of hydrogen-bond donors (Lipinski definition) is 0. The standard InChI is InChI=1S/C60H42N2/c1-60(2)53-36-41(59-61-55-32-18-19-33-56(55)62(59)42-24-10-5-11-25-42)34-35-45(53)50-37-51-52(38-54(50)60)58(47-29-15-13-27-44(47)40-22-8-4-9-23-40)49-31-17-16-30-48(49)57(51)46-28-14-12-26-43(46)39-20-6-3-7-21-39/h3-38H,1-2H3. The van der Waals surface area contributed by atoms with Gasteiger partial charge >= 0.3 is 0 Å². The molecule has 0 fully saturated rings. The van der Waals surface area contributed by atoms with Crippen molar-refractivity contribution < 1.29 is 0 Å². The molecule has 10 aromatic carbocycles. The molecule has 0 saturated carbocycles. The minimum Gasteiger partial charge on any atom is -0.292 e. The Balaban J connectivity index is 1.16. The van der Waals surface area contributed by atoms with E-state index >= 15 is 0 Å². The molecule has 0 saturated heterocycles. The molecule has 11 aromatic rings. The molecule has 1 aromatic heterocycles. The number of aromatic nitrogens is 2. The molecule has 0 bridgehead atoms. The first-order valence-corrected chi connectivity index (χ1v) is 21.6. The van der Waals surface area contributed by atoms with Gasteiger partial charge in [0.1, 0.15) is 5.82 Å². The van der Waals surface area contributed by atoms with Crippen LogP contribution in [0, 0.1) is 0 Å². The van der Waals surface area contributed by atoms with Gasteiger partial charge in [0.05, 0.1) is 11.0 Å². The highest BCUT2D eigenvalue weighted by Gasteiger charge is 2.37. The summed E-state index contributed by atoms with van der Waals surface area (Å²) >= 11 is 0. The summed E-state index contributed by atoms with van der Waals surface area (Å²) in [5.41, 5.74) is 19.1. The maximum absolute atomic E-state index is 5.28. The van der Waals surface area contributed by atoms with E-state index in [2.05, 4.69) is 237 Å². The Morgan fingerprint density at radius 1 is 0.355 bits per heavy atom. The Morgan fingerprint density at radius 2 is 0.839 bits per heavy atom. The predicted molar refractivity (Wildman–Crippen MR) is 261 cm³/mol. The Morgan fingerprint density at radius 3 is 1.45 bits per heavy atom. The molecule has 62 heavy (non-hydrogen) atoms. The molecule has 2 heteroatoms. The van der Waals surface area contributed by atoms with Gasteiger partial charge in [-0.2, -0.15) is 0 Å². The lowest BCUT2D eigenvalue weighted by Gasteiger charge is -2.25. The average molecular weight is 791 g/mol. The number of para-hydroxylation sites is 3. The number of nitrogens with zero attached hydrogens (tertiary/aromatic N) is 2. The summed E-state index contributed by atoms with van der Waals surface area (Å²) in [4.78, 5) is 5.28. The summed E-state index contributed by atoms with van der Waals surface area (Å²) < 4.78 is 2.30. The highest BCUT2D eigenvalue weighted by molar-refractivity contribution is 6.24. The van der Waals surface area contributed by atoms with Crippen molar-refractivity contribution in [1.29, 1.82) is 0 Å². The minimum atomic E-state index is -0.289. The molecular weight excluding hydrogens is 749 g/mol. The van der Waals surface area contributed by atoms with Gasteiger partial charge in [-0.15, -0.1) is 0 Å². The first-order chi connectivity index (χ1) is 30.5. The van der Waals surface area contributed by atoms with Crippen LogP contribution in [0.1, 0.15) is 25.0 Å². The van der Waals surface area contributed by atoms with E-state index in [1.807, 2.05) is 0 Å². The number of hydrogen-bond acceptors (Lipinski definition) is 1. The molecule has 1 aliphatic carbocycles. The van der Waals surface area contributed by atoms with E-state index in [9.17, 15) is 0 Å². The molecule has 2 nitrogen and oxygen atoms in total. The zero-order chi connectivity index (χ0) is 41.4. The smallest absolute Gasteiger partial charge is 0.145 e. The normalized spacial score (nSPS) is 12.8. The Kier molecular flexibility index (Phi) is 8.23. The van der Waals surface area contributed by atoms with Crippen LogP contribution in [0.4, 0.5) is 0 Å². The lowest BCUT2D eigenvalue weighted by Crippen LogP contribution is -2.15. The SMILES string of the molecule is CC1(C)c2cc(-c3nc4ccccc4n3-c3ccccc3)ccc2-c2cc3c(-c4ccccc4-c4ccccc4)c4ccccc4c(-c4ccccc4-c4ccccc4)c3cc21. The third kappa shape index (κ3) is 5.53. The Labute approximate surface area is 362 Å². The molecule has 12 rings (SSSR count). The molecule has 1 aliphatic rings. The number of fused-ring (bicyclic) bond motifs is 6. The molecule has 0 amide bonds. The molecule has 1 heterocycles. The zero-order valence-corrected chi connectivity index (χ0v) is 34.7. The van der Waals surface area contributed by atoms with Crippen LogP contribution < -0.4 is 0 Å². The first-order valence-electron chi connectivity index (χ1n) is 21.6. The van der Waals surface area contributed by atoms with Crippen molar-refractivity contribution in [3.05, 3.63) is 230 Å². The fraction of sp³-hybridized carbons (Fsp3) is 0.0500. The fourth-order valence-corrected chi connectivity index (χ4v) is 10.3. The van der Waals surface area contributed by atoms with E-state index in [-0.39, 0.29) is 5.41 Å². The monoisotopic (exact) mass is 790 g/mol. The lowest BCUT2D eigenvalue weighted by atomic mass is 9.78. The summed E-state index contributed by atoms with van der Waals surface area (Å²) in [5, 5.41) is 5.00. The lowest BCUT2D eigenvalue weighted by molar-refractivity contribution is 0.661. The second-order valence-electron chi connectivity index (χ2n) is 17.0. The summed E-state index contributed by atoms with van der Waals surface area (Å²) in [5.74, 6) is 0.947. The second-order valence-corrected chi connectivity index (χ2v) is 17.0. The molecule has 292 valence electrons. The molecule has 0 aliphatic heterocycles. The molecular formula is C60H42N2. The van der Waals surface area contributed by atoms with Crippen LogP contribution in [0.2, 0.25) is 0 Å². The maximum Gasteiger partial charge on any atom is 0.145 e. The minimum absolute atomic E-state index is 0.289. The van der Waals surface area contributed by atoms with Gasteiger partial charge in [-0.25, -0.2) is 4.98 Å². The van der Waals surface area contributed by atoms with Crippen molar-refractivity contribution in [2.24, 2.45) is 0 Å². The van der Waals surface area contributed by atoms with Gasteiger partial charge in [0.15, 0.2) is 0 Å². The van der Waals surface area contributed by atoms with Crippen molar-refractivity contribution in [2.45, 2.75) is 19.3 Å². The quantitative estimate of drug-likeness (QED) is 0.153. The van der Waals surface area contributed by atoms with Gasteiger partial charge in [0.25, 0.3) is 0 Å². The van der Waals surface area contributed by atoms with Gasteiger partial charge in [0, 0.05) is 16.7 Å². The van der Waals surface area contributed by atoms with E-state index in [4.69, 9.17) is 4.98 Å². The molecule has 0 unspecified atom stereocenters. The van der Waals surface area contributed by atoms with Gasteiger partial charge in [-0.05, 0) is 131 Å².